The minimum atomic E-state index is 0.624. The third-order valence-electron chi connectivity index (χ3n) is 9.82. The molecule has 0 aliphatic rings. The molecule has 0 saturated carbocycles. The molecule has 9 rings (SSSR count). The summed E-state index contributed by atoms with van der Waals surface area (Å²) in [7, 11) is 0. The van der Waals surface area contributed by atoms with Crippen LogP contribution in [0.4, 0.5) is 0 Å². The van der Waals surface area contributed by atoms with Crippen molar-refractivity contribution in [1.29, 1.82) is 0 Å². The molecule has 0 aliphatic carbocycles. The Morgan fingerprint density at radius 3 is 0.870 bits per heavy atom. The van der Waals surface area contributed by atoms with E-state index in [0.29, 0.717) is 17.5 Å². The number of hydrogen-bond donors (Lipinski definition) is 0. The van der Waals surface area contributed by atoms with Gasteiger partial charge in [0.05, 0.1) is 0 Å². The average Bonchev–Trinajstić information content (AvgIpc) is 3.27. The van der Waals surface area contributed by atoms with Gasteiger partial charge in [0.1, 0.15) is 0 Å². The van der Waals surface area contributed by atoms with Gasteiger partial charge in [-0.25, -0.2) is 15.0 Å². The van der Waals surface area contributed by atoms with Gasteiger partial charge < -0.3 is 0 Å². The zero-order chi connectivity index (χ0) is 36.1. The van der Waals surface area contributed by atoms with Crippen LogP contribution < -0.4 is 0 Å². The van der Waals surface area contributed by atoms with Crippen LogP contribution in [-0.4, -0.2) is 15.0 Å². The fourth-order valence-corrected chi connectivity index (χ4v) is 7.10. The number of rotatable bonds is 8. The highest BCUT2D eigenvalue weighted by atomic mass is 15.0. The van der Waals surface area contributed by atoms with E-state index in [4.69, 9.17) is 15.0 Å². The monoisotopic (exact) mass is 689 g/mol. The van der Waals surface area contributed by atoms with Crippen molar-refractivity contribution in [3.8, 4) is 89.8 Å². The summed E-state index contributed by atoms with van der Waals surface area (Å²) in [4.78, 5) is 15.3. The van der Waals surface area contributed by atoms with Gasteiger partial charge in [-0.05, 0) is 55.6 Å². The van der Waals surface area contributed by atoms with E-state index in [-0.39, 0.29) is 0 Å². The molecule has 0 bridgehead atoms. The highest BCUT2D eigenvalue weighted by Gasteiger charge is 2.17. The predicted molar refractivity (Wildman–Crippen MR) is 223 cm³/mol. The largest absolute Gasteiger partial charge is 0.208 e. The number of benzene rings is 8. The summed E-state index contributed by atoms with van der Waals surface area (Å²) in [5.41, 5.74) is 14.4. The van der Waals surface area contributed by atoms with Gasteiger partial charge in [-0.3, -0.25) is 0 Å². The molecule has 3 heteroatoms. The molecule has 54 heavy (non-hydrogen) atoms. The number of hydrogen-bond acceptors (Lipinski definition) is 3. The van der Waals surface area contributed by atoms with Crippen LogP contribution in [0.25, 0.3) is 89.8 Å². The molecule has 0 saturated heterocycles. The quantitative estimate of drug-likeness (QED) is 0.159. The van der Waals surface area contributed by atoms with Gasteiger partial charge in [0, 0.05) is 16.7 Å². The molecule has 9 aromatic rings. The Kier molecular flexibility index (Phi) is 8.94. The standard InChI is InChI=1S/C51H35N3/c1-4-16-36(17-5-1)37-28-32-41(33-29-37)49-52-50(54-51(53-49)48-27-15-12-24-45(48)39-20-8-3-9-21-39)42-34-30-40(31-35-42)44-23-11-14-26-47(44)46-25-13-10-22-43(46)38-18-6-2-7-19-38/h1-35H. The van der Waals surface area contributed by atoms with Crippen LogP contribution in [0.1, 0.15) is 0 Å². The van der Waals surface area contributed by atoms with Crippen molar-refractivity contribution >= 4 is 0 Å². The Balaban J connectivity index is 1.14. The summed E-state index contributed by atoms with van der Waals surface area (Å²) in [6.07, 6.45) is 0. The van der Waals surface area contributed by atoms with E-state index in [1.54, 1.807) is 0 Å². The molecule has 3 nitrogen and oxygen atoms in total. The second-order valence-corrected chi connectivity index (χ2v) is 13.2. The van der Waals surface area contributed by atoms with Crippen molar-refractivity contribution in [2.45, 2.75) is 0 Å². The lowest BCUT2D eigenvalue weighted by molar-refractivity contribution is 1.07. The van der Waals surface area contributed by atoms with Gasteiger partial charge in [-0.15, -0.1) is 0 Å². The van der Waals surface area contributed by atoms with Gasteiger partial charge in [-0.2, -0.15) is 0 Å². The zero-order valence-electron chi connectivity index (χ0n) is 29.5. The molecule has 0 amide bonds. The fraction of sp³-hybridized carbons (Fsp3) is 0. The first kappa shape index (κ1) is 32.7. The van der Waals surface area contributed by atoms with E-state index in [2.05, 4.69) is 194 Å². The Labute approximate surface area is 316 Å². The predicted octanol–water partition coefficient (Wildman–Crippen LogP) is 13.2. The van der Waals surface area contributed by atoms with Gasteiger partial charge in [0.25, 0.3) is 0 Å². The van der Waals surface area contributed by atoms with Gasteiger partial charge >= 0.3 is 0 Å². The molecule has 0 aliphatic heterocycles. The highest BCUT2D eigenvalue weighted by molar-refractivity contribution is 5.92. The van der Waals surface area contributed by atoms with E-state index in [1.807, 2.05) is 18.2 Å². The van der Waals surface area contributed by atoms with Crippen molar-refractivity contribution in [1.82, 2.24) is 15.0 Å². The summed E-state index contributed by atoms with van der Waals surface area (Å²) in [5, 5.41) is 0. The maximum atomic E-state index is 5.14. The van der Waals surface area contributed by atoms with E-state index in [9.17, 15) is 0 Å². The summed E-state index contributed by atoms with van der Waals surface area (Å²) < 4.78 is 0. The first-order valence-corrected chi connectivity index (χ1v) is 18.2. The normalized spacial score (nSPS) is 11.0. The van der Waals surface area contributed by atoms with Crippen molar-refractivity contribution in [2.24, 2.45) is 0 Å². The highest BCUT2D eigenvalue weighted by Crippen LogP contribution is 2.39. The molecule has 254 valence electrons. The van der Waals surface area contributed by atoms with Crippen LogP contribution in [0.2, 0.25) is 0 Å². The summed E-state index contributed by atoms with van der Waals surface area (Å²) in [6, 6.07) is 74.1. The lowest BCUT2D eigenvalue weighted by Crippen LogP contribution is -2.01. The smallest absolute Gasteiger partial charge is 0.164 e. The molecule has 0 N–H and O–H groups in total. The maximum Gasteiger partial charge on any atom is 0.164 e. The van der Waals surface area contributed by atoms with Gasteiger partial charge in [-0.1, -0.05) is 212 Å². The molecular weight excluding hydrogens is 655 g/mol. The first-order valence-electron chi connectivity index (χ1n) is 18.2. The minimum Gasteiger partial charge on any atom is -0.208 e. The minimum absolute atomic E-state index is 0.624. The molecule has 0 radical (unpaired) electrons. The SMILES string of the molecule is c1ccc(-c2ccc(-c3nc(-c4ccc(-c5ccccc5-c5ccccc5-c5ccccc5)cc4)nc(-c4ccccc4-c4ccccc4)n3)cc2)cc1. The maximum absolute atomic E-state index is 5.14. The van der Waals surface area contributed by atoms with Crippen molar-refractivity contribution < 1.29 is 0 Å². The fourth-order valence-electron chi connectivity index (χ4n) is 7.10. The van der Waals surface area contributed by atoms with Crippen molar-refractivity contribution in [3.05, 3.63) is 212 Å². The van der Waals surface area contributed by atoms with E-state index < -0.39 is 0 Å². The van der Waals surface area contributed by atoms with Crippen LogP contribution in [0.3, 0.4) is 0 Å². The van der Waals surface area contributed by atoms with Crippen molar-refractivity contribution in [2.75, 3.05) is 0 Å². The summed E-state index contributed by atoms with van der Waals surface area (Å²) in [6.45, 7) is 0. The van der Waals surface area contributed by atoms with E-state index >= 15 is 0 Å². The van der Waals surface area contributed by atoms with Gasteiger partial charge in [0.15, 0.2) is 17.5 Å². The topological polar surface area (TPSA) is 38.7 Å². The number of aromatic nitrogens is 3. The molecule has 0 atom stereocenters. The van der Waals surface area contributed by atoms with Crippen LogP contribution >= 0.6 is 0 Å². The molecule has 8 aromatic carbocycles. The van der Waals surface area contributed by atoms with E-state index in [1.165, 1.54) is 33.4 Å². The van der Waals surface area contributed by atoms with Crippen LogP contribution in [0.15, 0.2) is 212 Å². The zero-order valence-corrected chi connectivity index (χ0v) is 29.5. The molecule has 0 unspecified atom stereocenters. The molecule has 1 aromatic heterocycles. The second kappa shape index (κ2) is 14.8. The Morgan fingerprint density at radius 2 is 0.426 bits per heavy atom. The van der Waals surface area contributed by atoms with Crippen LogP contribution in [0, 0.1) is 0 Å². The molecule has 0 fully saturated rings. The Bertz CT molecular complexity index is 2670. The second-order valence-electron chi connectivity index (χ2n) is 13.2. The average molecular weight is 690 g/mol. The third kappa shape index (κ3) is 6.63. The lowest BCUT2D eigenvalue weighted by Gasteiger charge is -2.15. The lowest BCUT2D eigenvalue weighted by atomic mass is 9.89. The van der Waals surface area contributed by atoms with Crippen molar-refractivity contribution in [3.63, 3.8) is 0 Å². The number of nitrogens with zero attached hydrogens (tertiary/aromatic N) is 3. The van der Waals surface area contributed by atoms with E-state index in [0.717, 1.165) is 38.9 Å². The summed E-state index contributed by atoms with van der Waals surface area (Å²) in [5.74, 6) is 1.89. The Hall–Kier alpha value is -7.23. The first-order chi connectivity index (χ1) is 26.8. The van der Waals surface area contributed by atoms with Crippen LogP contribution in [0.5, 0.6) is 0 Å². The summed E-state index contributed by atoms with van der Waals surface area (Å²) >= 11 is 0. The molecular formula is C51H35N3. The van der Waals surface area contributed by atoms with Gasteiger partial charge in [0.2, 0.25) is 0 Å². The molecule has 1 heterocycles. The third-order valence-corrected chi connectivity index (χ3v) is 9.82. The van der Waals surface area contributed by atoms with Crippen LogP contribution in [-0.2, 0) is 0 Å². The molecule has 0 spiro atoms. The Morgan fingerprint density at radius 1 is 0.167 bits per heavy atom.